The van der Waals surface area contributed by atoms with Gasteiger partial charge in [0.25, 0.3) is 0 Å². The highest BCUT2D eigenvalue weighted by Crippen LogP contribution is 2.34. The highest BCUT2D eigenvalue weighted by molar-refractivity contribution is 7.98. The first-order valence-electron chi connectivity index (χ1n) is 12.5. The van der Waals surface area contributed by atoms with E-state index in [1.54, 1.807) is 22.9 Å². The van der Waals surface area contributed by atoms with Crippen LogP contribution in [0, 0.1) is 0 Å². The number of nitrogens with one attached hydrogen (secondary N) is 4. The molecule has 4 N–H and O–H groups in total. The van der Waals surface area contributed by atoms with Crippen molar-refractivity contribution in [2.75, 3.05) is 44.8 Å². The van der Waals surface area contributed by atoms with Gasteiger partial charge < -0.3 is 25.8 Å². The lowest BCUT2D eigenvalue weighted by Crippen LogP contribution is -2.39. The summed E-state index contributed by atoms with van der Waals surface area (Å²) in [6.07, 6.45) is 7.66. The van der Waals surface area contributed by atoms with Crippen molar-refractivity contribution in [1.29, 1.82) is 0 Å². The molecule has 1 aromatic carbocycles. The number of anilines is 2. The summed E-state index contributed by atoms with van der Waals surface area (Å²) in [6, 6.07) is 10.1. The fourth-order valence-corrected chi connectivity index (χ4v) is 4.52. The normalized spacial score (nSPS) is 13.5. The Labute approximate surface area is 224 Å². The zero-order chi connectivity index (χ0) is 26.8. The maximum absolute atomic E-state index is 10.9. The Hall–Kier alpha value is -3.14. The third-order valence-corrected chi connectivity index (χ3v) is 6.69. The number of aromatic nitrogens is 2. The number of aromatic amines is 1. The van der Waals surface area contributed by atoms with Gasteiger partial charge in [0.05, 0.1) is 11.4 Å². The standard InChI is InChI=1S/C21H21N5OS.C7H18N2/c1-22-18-4-3-15(11-20(18)28-2)24-17-5-8-23-21-16(17)12-19(25-21)14-6-9-26(13-27)10-7-14;1-7(2,3)9-6-5-8-4/h3-6,8,11-13H,1,7,9-10H2,2H3,(H2,23,24,25);8-9H,5-6H2,1-4H3. The van der Waals surface area contributed by atoms with Gasteiger partial charge in [-0.1, -0.05) is 6.08 Å². The van der Waals surface area contributed by atoms with Gasteiger partial charge in [-0.25, -0.2) is 4.98 Å². The minimum atomic E-state index is 0.261. The fraction of sp³-hybridized carbons (Fsp3) is 0.393. The second-order valence-electron chi connectivity index (χ2n) is 9.83. The van der Waals surface area contributed by atoms with Gasteiger partial charge in [0.2, 0.25) is 6.41 Å². The molecule has 0 atom stereocenters. The Morgan fingerprint density at radius 2 is 2.05 bits per heavy atom. The maximum Gasteiger partial charge on any atom is 0.209 e. The molecule has 0 bridgehead atoms. The highest BCUT2D eigenvalue weighted by Gasteiger charge is 2.15. The van der Waals surface area contributed by atoms with Crippen LogP contribution in [0.15, 0.2) is 52.5 Å². The number of hydrogen-bond donors (Lipinski definition) is 4. The molecule has 0 aliphatic carbocycles. The monoisotopic (exact) mass is 521 g/mol. The largest absolute Gasteiger partial charge is 0.355 e. The lowest BCUT2D eigenvalue weighted by molar-refractivity contribution is -0.117. The van der Waals surface area contributed by atoms with Gasteiger partial charge >= 0.3 is 0 Å². The smallest absolute Gasteiger partial charge is 0.209 e. The lowest BCUT2D eigenvalue weighted by Gasteiger charge is -2.21. The van der Waals surface area contributed by atoms with E-state index in [-0.39, 0.29) is 5.54 Å². The SMILES string of the molecule is C=Nc1ccc(Nc2ccnc3[nH]c(C4=CCN(C=O)CC4)cc23)cc1SC.CNCCNC(C)(C)C. The van der Waals surface area contributed by atoms with Crippen molar-refractivity contribution in [3.63, 3.8) is 0 Å². The molecule has 2 aromatic heterocycles. The second kappa shape index (κ2) is 13.4. The van der Waals surface area contributed by atoms with Crippen LogP contribution in [-0.4, -0.2) is 73.0 Å². The van der Waals surface area contributed by atoms with E-state index in [4.69, 9.17) is 0 Å². The molecule has 0 unspecified atom stereocenters. The Balaban J connectivity index is 0.000000364. The molecule has 0 fully saturated rings. The van der Waals surface area contributed by atoms with Gasteiger partial charge in [-0.05, 0) is 83.1 Å². The molecule has 1 amide bonds. The van der Waals surface area contributed by atoms with E-state index in [1.807, 2.05) is 31.5 Å². The Bertz CT molecular complexity index is 1230. The van der Waals surface area contributed by atoms with E-state index in [1.165, 1.54) is 5.57 Å². The number of rotatable bonds is 9. The summed E-state index contributed by atoms with van der Waals surface area (Å²) in [4.78, 5) is 25.7. The van der Waals surface area contributed by atoms with E-state index in [0.29, 0.717) is 6.54 Å². The molecule has 0 saturated carbocycles. The Kier molecular flexibility index (Phi) is 10.3. The van der Waals surface area contributed by atoms with Crippen LogP contribution < -0.4 is 16.0 Å². The number of pyridine rings is 1. The minimum Gasteiger partial charge on any atom is -0.355 e. The summed E-state index contributed by atoms with van der Waals surface area (Å²) in [6.45, 7) is 13.6. The van der Waals surface area contributed by atoms with Crippen LogP contribution in [0.25, 0.3) is 16.6 Å². The Morgan fingerprint density at radius 3 is 2.68 bits per heavy atom. The predicted octanol–water partition coefficient (Wildman–Crippen LogP) is 5.20. The maximum atomic E-state index is 10.9. The first-order valence-corrected chi connectivity index (χ1v) is 13.7. The molecule has 4 rings (SSSR count). The quantitative estimate of drug-likeness (QED) is 0.134. The summed E-state index contributed by atoms with van der Waals surface area (Å²) in [5, 5.41) is 11.0. The van der Waals surface area contributed by atoms with Gasteiger partial charge in [0, 0.05) is 59.6 Å². The molecule has 1 aliphatic heterocycles. The molecule has 3 aromatic rings. The number of benzene rings is 1. The van der Waals surface area contributed by atoms with E-state index in [0.717, 1.165) is 71.2 Å². The zero-order valence-corrected chi connectivity index (χ0v) is 23.3. The fourth-order valence-electron chi connectivity index (χ4n) is 3.94. The van der Waals surface area contributed by atoms with Crippen LogP contribution in [-0.2, 0) is 4.79 Å². The van der Waals surface area contributed by atoms with E-state index >= 15 is 0 Å². The number of fused-ring (bicyclic) bond motifs is 1. The number of H-pyrrole nitrogens is 1. The number of amides is 1. The first kappa shape index (κ1) is 28.4. The van der Waals surface area contributed by atoms with Crippen molar-refractivity contribution in [3.8, 4) is 0 Å². The number of likely N-dealkylation sites (N-methyl/N-ethyl adjacent to an activating group) is 1. The number of nitrogens with zero attached hydrogens (tertiary/aromatic N) is 3. The van der Waals surface area contributed by atoms with Gasteiger partial charge in [-0.2, -0.15) is 0 Å². The minimum absolute atomic E-state index is 0.261. The number of carbonyl (C=O) groups is 1. The molecule has 3 heterocycles. The number of thioether (sulfide) groups is 1. The summed E-state index contributed by atoms with van der Waals surface area (Å²) in [7, 11) is 1.96. The molecule has 1 aliphatic rings. The van der Waals surface area contributed by atoms with Gasteiger partial charge in [-0.3, -0.25) is 9.79 Å². The molecule has 0 spiro atoms. The molecule has 8 nitrogen and oxygen atoms in total. The van der Waals surface area contributed by atoms with Crippen LogP contribution >= 0.6 is 11.8 Å². The Morgan fingerprint density at radius 1 is 1.24 bits per heavy atom. The van der Waals surface area contributed by atoms with Crippen LogP contribution in [0.1, 0.15) is 32.9 Å². The lowest BCUT2D eigenvalue weighted by atomic mass is 10.1. The van der Waals surface area contributed by atoms with Crippen molar-refractivity contribution >= 4 is 58.6 Å². The molecule has 9 heteroatoms. The van der Waals surface area contributed by atoms with Crippen LogP contribution in [0.2, 0.25) is 0 Å². The first-order chi connectivity index (χ1) is 17.8. The van der Waals surface area contributed by atoms with Crippen molar-refractivity contribution in [3.05, 3.63) is 48.3 Å². The molecule has 37 heavy (non-hydrogen) atoms. The second-order valence-corrected chi connectivity index (χ2v) is 10.7. The third-order valence-electron chi connectivity index (χ3n) is 5.93. The van der Waals surface area contributed by atoms with Crippen molar-refractivity contribution < 1.29 is 4.79 Å². The van der Waals surface area contributed by atoms with E-state index in [9.17, 15) is 4.79 Å². The number of aliphatic imine (C=N–C) groups is 1. The molecule has 0 radical (unpaired) electrons. The zero-order valence-electron chi connectivity index (χ0n) is 22.5. The summed E-state index contributed by atoms with van der Waals surface area (Å²) < 4.78 is 0. The third kappa shape index (κ3) is 8.18. The highest BCUT2D eigenvalue weighted by atomic mass is 32.2. The van der Waals surface area contributed by atoms with E-state index < -0.39 is 0 Å². The summed E-state index contributed by atoms with van der Waals surface area (Å²) >= 11 is 1.64. The topological polar surface area (TPSA) is 97.4 Å². The van der Waals surface area contributed by atoms with Crippen LogP contribution in [0.3, 0.4) is 0 Å². The molecular weight excluding hydrogens is 482 g/mol. The number of carbonyl (C=O) groups excluding carboxylic acids is 1. The van der Waals surface area contributed by atoms with E-state index in [2.05, 4.69) is 76.6 Å². The van der Waals surface area contributed by atoms with Crippen molar-refractivity contribution in [2.45, 2.75) is 37.6 Å². The summed E-state index contributed by atoms with van der Waals surface area (Å²) in [5.41, 5.74) is 6.24. The number of hydrogen-bond acceptors (Lipinski definition) is 7. The van der Waals surface area contributed by atoms with Crippen molar-refractivity contribution in [1.82, 2.24) is 25.5 Å². The van der Waals surface area contributed by atoms with Gasteiger partial charge in [0.15, 0.2) is 0 Å². The van der Waals surface area contributed by atoms with Crippen molar-refractivity contribution in [2.24, 2.45) is 4.99 Å². The van der Waals surface area contributed by atoms with Gasteiger partial charge in [-0.15, -0.1) is 11.8 Å². The summed E-state index contributed by atoms with van der Waals surface area (Å²) in [5.74, 6) is 0. The molecule has 0 saturated heterocycles. The van der Waals surface area contributed by atoms with Crippen LogP contribution in [0.5, 0.6) is 0 Å². The molecule has 198 valence electrons. The van der Waals surface area contributed by atoms with Crippen LogP contribution in [0.4, 0.5) is 17.1 Å². The predicted molar refractivity (Wildman–Crippen MR) is 159 cm³/mol. The average molecular weight is 522 g/mol. The average Bonchev–Trinajstić information content (AvgIpc) is 3.34. The molecular formula is C28H39N7OS. The van der Waals surface area contributed by atoms with Gasteiger partial charge in [0.1, 0.15) is 5.65 Å².